The number of aromatic nitrogens is 8. The van der Waals surface area contributed by atoms with Gasteiger partial charge in [-0.3, -0.25) is 19.4 Å². The molecule has 574 valence electrons. The maximum Gasteiger partial charge on any atom is 0.410 e. The van der Waals surface area contributed by atoms with Crippen molar-refractivity contribution in [3.8, 4) is 44.8 Å². The monoisotopic (exact) mass is 1500 g/mol. The molecule has 0 saturated carbocycles. The van der Waals surface area contributed by atoms with Gasteiger partial charge in [-0.15, -0.1) is 0 Å². The number of carbonyl (C=O) groups excluding carboxylic acids is 6. The number of hydrogen-bond acceptors (Lipinski definition) is 14. The van der Waals surface area contributed by atoms with Crippen LogP contribution in [0, 0.1) is 17.8 Å². The molecular weight excluding hydrogens is 1410 g/mol. The fourth-order valence-corrected chi connectivity index (χ4v) is 16.5. The smallest absolute Gasteiger partial charge is 0.410 e. The Bertz CT molecular complexity index is 5460. The Kier molecular flexibility index (Phi) is 21.3. The molecule has 7 atom stereocenters. The quantitative estimate of drug-likeness (QED) is 0.0344. The third kappa shape index (κ3) is 15.8. The van der Waals surface area contributed by atoms with E-state index in [2.05, 4.69) is 128 Å². The van der Waals surface area contributed by atoms with Crippen LogP contribution in [0.2, 0.25) is 0 Å². The number of rotatable bonds is 22. The Labute approximate surface area is 648 Å². The molecule has 4 aliphatic heterocycles. The highest BCUT2D eigenvalue weighted by Gasteiger charge is 2.42. The second-order valence-electron chi connectivity index (χ2n) is 30.6. The Morgan fingerprint density at radius 3 is 1.34 bits per heavy atom. The number of nitrogens with one attached hydrogen (secondary N) is 6. The molecule has 8 aromatic carbocycles. The van der Waals surface area contributed by atoms with Gasteiger partial charge in [0.05, 0.1) is 70.8 Å². The molecule has 12 aromatic rings. The largest absolute Gasteiger partial charge is 0.450 e. The van der Waals surface area contributed by atoms with E-state index in [1.54, 1.807) is 16.7 Å². The summed E-state index contributed by atoms with van der Waals surface area (Å²) in [5.41, 5.74) is 12.5. The van der Waals surface area contributed by atoms with E-state index >= 15 is 0 Å². The molecule has 8 heterocycles. The van der Waals surface area contributed by atoms with E-state index < -0.39 is 36.4 Å². The SMILES string of the molecule is CCOC(=O)NC(C(=O)N1CCCC1c1nc2ccc(-c3ccc4cc(-c5c[nH]c(C6CCCN6C(=O)C(NC(=O)OCCC6CC(c7nc8ccc(-c9ccc%10cc(-c%11c[nH]c(C%12CCCN%12C(=O)OCc%12ccccc%12)n%11)ccc%10c9)cc8[nH]7)N(C(=O)OCc7ccccc7)C6)C(C)C)n5)ccc4c3)cc2[nH]1)C(C)C. The molecule has 0 bridgehead atoms. The number of ether oxygens (including phenoxy) is 4. The lowest BCUT2D eigenvalue weighted by Gasteiger charge is -2.30. The molecule has 0 spiro atoms. The van der Waals surface area contributed by atoms with Crippen LogP contribution in [-0.4, -0.2) is 147 Å². The van der Waals surface area contributed by atoms with Crippen molar-refractivity contribution in [1.29, 1.82) is 0 Å². The van der Waals surface area contributed by atoms with Crippen LogP contribution in [0.5, 0.6) is 0 Å². The van der Waals surface area contributed by atoms with Gasteiger partial charge in [-0.1, -0.05) is 149 Å². The molecule has 4 fully saturated rings. The molecule has 4 aliphatic rings. The highest BCUT2D eigenvalue weighted by molar-refractivity contribution is 5.94. The number of H-pyrrole nitrogens is 4. The summed E-state index contributed by atoms with van der Waals surface area (Å²) in [5, 5.41) is 9.90. The molecule has 16 rings (SSSR count). The summed E-state index contributed by atoms with van der Waals surface area (Å²) in [5.74, 6) is 1.92. The van der Waals surface area contributed by atoms with Crippen molar-refractivity contribution in [2.24, 2.45) is 17.8 Å². The zero-order valence-electron chi connectivity index (χ0n) is 63.5. The first-order valence-corrected chi connectivity index (χ1v) is 39.1. The number of nitrogens with zero attached hydrogens (tertiary/aromatic N) is 8. The predicted octanol–water partition coefficient (Wildman–Crippen LogP) is 17.0. The standard InChI is InChI=1S/C88H92N14O10/c1-6-109-85(105)97-77(52(2)3)84(104)100-37-14-22-75(100)81-91-67-33-31-63(45-69(67)93-81)59-23-25-61-43-65(29-27-57(61)41-59)71-47-89-79(95-71)73-20-13-36-99(73)83(103)78(53(4)5)98-86(106)110-39-35-56-40-76(102(49-56)88(108)112-51-55-18-11-8-12-19-55)82-92-68-34-32-64(46-70(68)94-82)60-24-26-62-44-66(30-28-58(62)42-60)72-48-90-80(96-72)74-21-15-38-101(74)87(107)111-50-54-16-9-7-10-17-54/h7-12,16-19,23-34,41-48,52-53,56,73-78H,6,13-15,20-22,35-40,49-51H2,1-5H3,(H,89,95)(H,90,96)(H,91,93)(H,92,94)(H,97,105)(H,98,106). The maximum atomic E-state index is 14.6. The van der Waals surface area contributed by atoms with Gasteiger partial charge in [0, 0.05) is 49.7 Å². The van der Waals surface area contributed by atoms with Gasteiger partial charge in [0.15, 0.2) is 0 Å². The molecule has 24 nitrogen and oxygen atoms in total. The van der Waals surface area contributed by atoms with Crippen molar-refractivity contribution in [2.45, 2.75) is 135 Å². The summed E-state index contributed by atoms with van der Waals surface area (Å²) >= 11 is 0. The normalized spacial score (nSPS) is 18.3. The van der Waals surface area contributed by atoms with Gasteiger partial charge in [-0.05, 0) is 180 Å². The molecule has 4 saturated heterocycles. The average molecular weight is 1510 g/mol. The highest BCUT2D eigenvalue weighted by atomic mass is 16.6. The first kappa shape index (κ1) is 73.8. The third-order valence-corrected chi connectivity index (χ3v) is 22.4. The minimum Gasteiger partial charge on any atom is -0.450 e. The lowest BCUT2D eigenvalue weighted by atomic mass is 9.99. The summed E-state index contributed by atoms with van der Waals surface area (Å²) in [6, 6.07) is 54.1. The van der Waals surface area contributed by atoms with Crippen molar-refractivity contribution in [1.82, 2.24) is 70.1 Å². The van der Waals surface area contributed by atoms with E-state index in [4.69, 9.17) is 38.9 Å². The molecule has 0 radical (unpaired) electrons. The number of alkyl carbamates (subject to hydrolysis) is 2. The Morgan fingerprint density at radius 2 is 0.857 bits per heavy atom. The zero-order valence-corrected chi connectivity index (χ0v) is 63.5. The molecule has 0 aliphatic carbocycles. The predicted molar refractivity (Wildman–Crippen MR) is 427 cm³/mol. The van der Waals surface area contributed by atoms with Gasteiger partial charge in [0.25, 0.3) is 0 Å². The number of benzene rings is 8. The number of imidazole rings is 4. The van der Waals surface area contributed by atoms with Crippen molar-refractivity contribution in [3.63, 3.8) is 0 Å². The number of amides is 6. The van der Waals surface area contributed by atoms with Gasteiger partial charge in [-0.2, -0.15) is 0 Å². The first-order chi connectivity index (χ1) is 54.5. The van der Waals surface area contributed by atoms with Gasteiger partial charge in [-0.25, -0.2) is 39.1 Å². The fourth-order valence-electron chi connectivity index (χ4n) is 16.5. The van der Waals surface area contributed by atoms with Crippen molar-refractivity contribution in [2.75, 3.05) is 39.4 Å². The van der Waals surface area contributed by atoms with Crippen LogP contribution in [0.1, 0.15) is 145 Å². The molecule has 4 aromatic heterocycles. The Balaban J connectivity index is 0.538. The minimum atomic E-state index is -0.864. The number of hydrogen-bond donors (Lipinski definition) is 6. The number of carbonyl (C=O) groups is 6. The molecule has 6 N–H and O–H groups in total. The summed E-state index contributed by atoms with van der Waals surface area (Å²) < 4.78 is 22.7. The highest BCUT2D eigenvalue weighted by Crippen LogP contribution is 2.41. The van der Waals surface area contributed by atoms with Crippen molar-refractivity contribution < 1.29 is 47.7 Å². The van der Waals surface area contributed by atoms with Gasteiger partial charge in [0.1, 0.15) is 48.6 Å². The van der Waals surface area contributed by atoms with Crippen LogP contribution in [0.25, 0.3) is 88.4 Å². The maximum absolute atomic E-state index is 14.6. The number of fused-ring (bicyclic) bond motifs is 4. The number of likely N-dealkylation sites (tertiary alicyclic amines) is 4. The van der Waals surface area contributed by atoms with Gasteiger partial charge in [0.2, 0.25) is 11.8 Å². The Morgan fingerprint density at radius 1 is 0.446 bits per heavy atom. The average Bonchev–Trinajstić information content (AvgIpc) is 1.59. The zero-order chi connectivity index (χ0) is 77.1. The van der Waals surface area contributed by atoms with Crippen LogP contribution in [0.15, 0.2) is 182 Å². The lowest BCUT2D eigenvalue weighted by molar-refractivity contribution is -0.136. The second kappa shape index (κ2) is 32.3. The van der Waals surface area contributed by atoms with Crippen LogP contribution in [0.3, 0.4) is 0 Å². The summed E-state index contributed by atoms with van der Waals surface area (Å²) in [7, 11) is 0. The first-order valence-electron chi connectivity index (χ1n) is 39.1. The van der Waals surface area contributed by atoms with Crippen LogP contribution in [-0.2, 0) is 41.8 Å². The molecule has 112 heavy (non-hydrogen) atoms. The van der Waals surface area contributed by atoms with E-state index in [9.17, 15) is 28.8 Å². The lowest BCUT2D eigenvalue weighted by Crippen LogP contribution is -2.51. The molecular formula is C88H92N14O10. The Hall–Kier alpha value is -12.3. The van der Waals surface area contributed by atoms with E-state index in [-0.39, 0.29) is 80.2 Å². The summed E-state index contributed by atoms with van der Waals surface area (Å²) in [6.07, 6.45) is 7.36. The van der Waals surface area contributed by atoms with Crippen LogP contribution in [0.4, 0.5) is 19.2 Å². The topological polar surface area (TPSA) is 291 Å². The molecule has 7 unspecified atom stereocenters. The van der Waals surface area contributed by atoms with Crippen molar-refractivity contribution >= 4 is 79.8 Å². The minimum absolute atomic E-state index is 0.0534. The van der Waals surface area contributed by atoms with Crippen LogP contribution >= 0.6 is 0 Å². The summed E-state index contributed by atoms with van der Waals surface area (Å²) in [4.78, 5) is 123. The van der Waals surface area contributed by atoms with Crippen molar-refractivity contribution in [3.05, 3.63) is 217 Å². The van der Waals surface area contributed by atoms with Gasteiger partial charge < -0.3 is 59.3 Å². The third-order valence-electron chi connectivity index (χ3n) is 22.4. The van der Waals surface area contributed by atoms with Crippen LogP contribution < -0.4 is 10.6 Å². The van der Waals surface area contributed by atoms with E-state index in [0.29, 0.717) is 57.1 Å². The molecule has 6 amide bonds. The van der Waals surface area contributed by atoms with E-state index in [0.717, 1.165) is 143 Å². The van der Waals surface area contributed by atoms with E-state index in [1.807, 2.05) is 123 Å². The molecule has 24 heteroatoms. The van der Waals surface area contributed by atoms with Gasteiger partial charge >= 0.3 is 24.4 Å². The second-order valence-corrected chi connectivity index (χ2v) is 30.6. The summed E-state index contributed by atoms with van der Waals surface area (Å²) in [6.45, 7) is 12.0. The van der Waals surface area contributed by atoms with E-state index in [1.165, 1.54) is 0 Å². The fraction of sp³-hybridized carbons (Fsp3) is 0.341. The number of aromatic amines is 4.